The van der Waals surface area contributed by atoms with Gasteiger partial charge in [0.1, 0.15) is 0 Å². The number of carbonyl (C=O) groups excluding carboxylic acids is 2. The average molecular weight is 275 g/mol. The van der Waals surface area contributed by atoms with Crippen LogP contribution in [0.5, 0.6) is 0 Å². The predicted octanol–water partition coefficient (Wildman–Crippen LogP) is 1.57. The zero-order valence-electron chi connectivity index (χ0n) is 7.23. The summed E-state index contributed by atoms with van der Waals surface area (Å²) in [6, 6.07) is 0. The minimum absolute atomic E-state index is 2.29. The first-order valence-electron chi connectivity index (χ1n) is 3.36. The SMILES string of the molecule is O=C(O[B-](F)(F)OC(=O)C(F)(F)F)C(F)(F)F. The monoisotopic (exact) mass is 275 g/mol. The first kappa shape index (κ1) is 15.4. The van der Waals surface area contributed by atoms with Crippen LogP contribution in [0.4, 0.5) is 35.0 Å². The molecule has 0 heterocycles. The highest BCUT2D eigenvalue weighted by Crippen LogP contribution is 2.24. The second-order valence-electron chi connectivity index (χ2n) is 2.34. The Kier molecular flexibility index (Phi) is 3.97. The number of carbonyl (C=O) groups is 2. The molecule has 0 rings (SSSR count). The van der Waals surface area contributed by atoms with E-state index in [1.165, 1.54) is 0 Å². The van der Waals surface area contributed by atoms with Crippen molar-refractivity contribution >= 4 is 19.0 Å². The van der Waals surface area contributed by atoms with Crippen LogP contribution in [0.15, 0.2) is 0 Å². The zero-order chi connectivity index (χ0) is 14.1. The largest absolute Gasteiger partial charge is 0.730 e. The minimum atomic E-state index is -6.36. The molecular weight excluding hydrogens is 275 g/mol. The summed E-state index contributed by atoms with van der Waals surface area (Å²) in [6.45, 7) is 0. The molecule has 0 bridgehead atoms. The summed E-state index contributed by atoms with van der Waals surface area (Å²) in [6.07, 6.45) is -11.7. The van der Waals surface area contributed by atoms with Crippen LogP contribution >= 0.6 is 0 Å². The van der Waals surface area contributed by atoms with Crippen molar-refractivity contribution in [1.29, 1.82) is 0 Å². The maximum Gasteiger partial charge on any atom is 0.730 e. The zero-order valence-corrected chi connectivity index (χ0v) is 7.23. The topological polar surface area (TPSA) is 52.6 Å². The molecule has 0 radical (unpaired) electrons. The Balaban J connectivity index is 4.62. The highest BCUT2D eigenvalue weighted by molar-refractivity contribution is 6.56. The Hall–Kier alpha value is -1.56. The van der Waals surface area contributed by atoms with Crippen molar-refractivity contribution in [1.82, 2.24) is 0 Å². The molecular formula is C4BF8O4-. The van der Waals surface area contributed by atoms with E-state index in [4.69, 9.17) is 0 Å². The molecule has 0 spiro atoms. The second kappa shape index (κ2) is 4.37. The van der Waals surface area contributed by atoms with E-state index in [2.05, 4.69) is 9.31 Å². The van der Waals surface area contributed by atoms with Crippen molar-refractivity contribution in [3.63, 3.8) is 0 Å². The summed E-state index contributed by atoms with van der Waals surface area (Å²) in [5, 5.41) is 0. The molecule has 0 aromatic rings. The van der Waals surface area contributed by atoms with E-state index in [0.717, 1.165) is 0 Å². The molecule has 4 nitrogen and oxygen atoms in total. The summed E-state index contributed by atoms with van der Waals surface area (Å²) < 4.78 is 97.2. The highest BCUT2D eigenvalue weighted by atomic mass is 19.4. The molecule has 0 unspecified atom stereocenters. The fourth-order valence-electron chi connectivity index (χ4n) is 0.407. The van der Waals surface area contributed by atoms with E-state index in [1.54, 1.807) is 0 Å². The van der Waals surface area contributed by atoms with E-state index in [9.17, 15) is 44.6 Å². The molecule has 0 N–H and O–H groups in total. The molecule has 0 atom stereocenters. The first-order valence-corrected chi connectivity index (χ1v) is 3.36. The number of alkyl halides is 6. The maximum absolute atomic E-state index is 12.2. The maximum atomic E-state index is 12.2. The van der Waals surface area contributed by atoms with Crippen LogP contribution in [0, 0.1) is 0 Å². The Morgan fingerprint density at radius 3 is 1.18 bits per heavy atom. The van der Waals surface area contributed by atoms with Gasteiger partial charge in [0.2, 0.25) is 0 Å². The number of hydrogen-bond donors (Lipinski definition) is 0. The summed E-state index contributed by atoms with van der Waals surface area (Å²) in [5.74, 6) is -6.98. The van der Waals surface area contributed by atoms with Crippen LogP contribution in [-0.2, 0) is 18.9 Å². The van der Waals surface area contributed by atoms with Gasteiger partial charge in [0.05, 0.1) is 0 Å². The van der Waals surface area contributed by atoms with Gasteiger partial charge < -0.3 is 17.9 Å². The van der Waals surface area contributed by atoms with Crippen LogP contribution < -0.4 is 0 Å². The third-order valence-electron chi connectivity index (χ3n) is 0.951. The lowest BCUT2D eigenvalue weighted by Crippen LogP contribution is -2.44. The lowest BCUT2D eigenvalue weighted by molar-refractivity contribution is -0.202. The van der Waals surface area contributed by atoms with E-state index in [1.807, 2.05) is 0 Å². The van der Waals surface area contributed by atoms with Gasteiger partial charge in [0, 0.05) is 0 Å². The molecule has 0 aliphatic heterocycles. The Bertz CT molecular complexity index is 288. The van der Waals surface area contributed by atoms with Crippen LogP contribution in [-0.4, -0.2) is 31.4 Å². The summed E-state index contributed by atoms with van der Waals surface area (Å²) in [5.41, 5.74) is 0. The van der Waals surface area contributed by atoms with Gasteiger partial charge >= 0.3 is 31.4 Å². The first-order chi connectivity index (χ1) is 7.26. The second-order valence-corrected chi connectivity index (χ2v) is 2.34. The molecule has 0 aromatic heterocycles. The third-order valence-corrected chi connectivity index (χ3v) is 0.951. The van der Waals surface area contributed by atoms with Crippen molar-refractivity contribution < 1.29 is 53.9 Å². The smallest absolute Gasteiger partial charge is 0.594 e. The fraction of sp³-hybridized carbons (Fsp3) is 0.500. The quantitative estimate of drug-likeness (QED) is 0.567. The Morgan fingerprint density at radius 1 is 0.765 bits per heavy atom. The average Bonchev–Trinajstić information content (AvgIpc) is 1.97. The van der Waals surface area contributed by atoms with Gasteiger partial charge in [-0.25, -0.2) is 9.59 Å². The van der Waals surface area contributed by atoms with Gasteiger partial charge in [-0.05, 0) is 0 Å². The number of rotatable bonds is 2. The van der Waals surface area contributed by atoms with Crippen molar-refractivity contribution in [2.75, 3.05) is 0 Å². The lowest BCUT2D eigenvalue weighted by Gasteiger charge is -2.26. The minimum Gasteiger partial charge on any atom is -0.594 e. The molecule has 0 saturated carbocycles. The summed E-state index contributed by atoms with van der Waals surface area (Å²) >= 11 is 0. The fourth-order valence-corrected chi connectivity index (χ4v) is 0.407. The lowest BCUT2D eigenvalue weighted by atomic mass is 10.2. The molecule has 0 amide bonds. The molecule has 0 aliphatic rings. The van der Waals surface area contributed by atoms with Crippen molar-refractivity contribution in [3.05, 3.63) is 0 Å². The van der Waals surface area contributed by atoms with E-state index >= 15 is 0 Å². The molecule has 13 heteroatoms. The molecule has 0 aromatic carbocycles. The molecule has 0 fully saturated rings. The van der Waals surface area contributed by atoms with E-state index in [0.29, 0.717) is 0 Å². The van der Waals surface area contributed by atoms with E-state index in [-0.39, 0.29) is 0 Å². The van der Waals surface area contributed by atoms with E-state index < -0.39 is 31.4 Å². The highest BCUT2D eigenvalue weighted by Gasteiger charge is 2.51. The van der Waals surface area contributed by atoms with Crippen LogP contribution in [0.25, 0.3) is 0 Å². The molecule has 100 valence electrons. The van der Waals surface area contributed by atoms with Crippen LogP contribution in [0.2, 0.25) is 0 Å². The summed E-state index contributed by atoms with van der Waals surface area (Å²) in [7, 11) is -6.36. The van der Waals surface area contributed by atoms with Gasteiger partial charge in [0.25, 0.3) is 0 Å². The van der Waals surface area contributed by atoms with Gasteiger partial charge in [-0.2, -0.15) is 26.3 Å². The number of halogens is 8. The van der Waals surface area contributed by atoms with Gasteiger partial charge in [-0.1, -0.05) is 0 Å². The van der Waals surface area contributed by atoms with Gasteiger partial charge in [-0.15, -0.1) is 0 Å². The number of hydrogen-bond acceptors (Lipinski definition) is 4. The Labute approximate surface area is 86.5 Å². The van der Waals surface area contributed by atoms with Gasteiger partial charge in [0.15, 0.2) is 0 Å². The molecule has 17 heavy (non-hydrogen) atoms. The summed E-state index contributed by atoms with van der Waals surface area (Å²) in [4.78, 5) is 19.7. The van der Waals surface area contributed by atoms with Gasteiger partial charge in [-0.3, -0.25) is 0 Å². The Morgan fingerprint density at radius 2 is 1.00 bits per heavy atom. The molecule has 0 aliphatic carbocycles. The van der Waals surface area contributed by atoms with Crippen LogP contribution in [0.1, 0.15) is 0 Å². The predicted molar refractivity (Wildman–Crippen MR) is 32.3 cm³/mol. The normalized spacial score (nSPS) is 13.2. The third kappa shape index (κ3) is 5.35. The van der Waals surface area contributed by atoms with Crippen molar-refractivity contribution in [2.24, 2.45) is 0 Å². The molecule has 0 saturated heterocycles. The standard InChI is InChI=1S/C4BF8O4/c6-3(7,8)1(14)16-5(12,13)17-2(15)4(9,10)11/q-1. The van der Waals surface area contributed by atoms with Crippen LogP contribution in [0.3, 0.4) is 0 Å². The van der Waals surface area contributed by atoms with Crippen molar-refractivity contribution in [3.8, 4) is 0 Å². The van der Waals surface area contributed by atoms with Crippen molar-refractivity contribution in [2.45, 2.75) is 12.4 Å².